The van der Waals surface area contributed by atoms with Crippen LogP contribution in [0.15, 0.2) is 24.3 Å². The van der Waals surface area contributed by atoms with Gasteiger partial charge in [-0.2, -0.15) is 5.26 Å². The normalized spacial score (nSPS) is 10.2. The molecule has 2 N–H and O–H groups in total. The van der Waals surface area contributed by atoms with Gasteiger partial charge in [0.25, 0.3) is 5.91 Å². The van der Waals surface area contributed by atoms with E-state index in [9.17, 15) is 14.4 Å². The Morgan fingerprint density at radius 1 is 1.25 bits per heavy atom. The van der Waals surface area contributed by atoms with Crippen LogP contribution in [0.2, 0.25) is 0 Å². The van der Waals surface area contributed by atoms with Crippen LogP contribution in [0.3, 0.4) is 0 Å². The number of benzene rings is 1. The number of rotatable bonds is 9. The molecule has 1 rings (SSSR count). The van der Waals surface area contributed by atoms with Crippen molar-refractivity contribution < 1.29 is 28.6 Å². The standard InChI is InChI=1S/C19H23N3O6/c1-13(2)11-21-19(25)22-17(23)12-28-18(24)7-5-14-4-6-15(27-9-8-20)16(10-14)26-3/h4-7,10,13H,9,11-12H2,1-3H3,(H2,21,22,23,25)/b7-5+. The second-order valence-electron chi connectivity index (χ2n) is 5.95. The van der Waals surface area contributed by atoms with E-state index in [1.807, 2.05) is 19.9 Å². The van der Waals surface area contributed by atoms with Gasteiger partial charge in [0.05, 0.1) is 7.11 Å². The monoisotopic (exact) mass is 389 g/mol. The number of carbonyl (C=O) groups excluding carboxylic acids is 3. The zero-order chi connectivity index (χ0) is 20.9. The molecule has 1 aromatic rings. The van der Waals surface area contributed by atoms with E-state index in [1.165, 1.54) is 13.2 Å². The Balaban J connectivity index is 2.50. The molecule has 0 aliphatic heterocycles. The largest absolute Gasteiger partial charge is 0.493 e. The molecule has 0 radical (unpaired) electrons. The van der Waals surface area contributed by atoms with Crippen LogP contribution in [0.4, 0.5) is 4.79 Å². The second-order valence-corrected chi connectivity index (χ2v) is 5.95. The van der Waals surface area contributed by atoms with Crippen LogP contribution >= 0.6 is 0 Å². The summed E-state index contributed by atoms with van der Waals surface area (Å²) in [5, 5.41) is 13.1. The molecule has 0 saturated carbocycles. The average molecular weight is 389 g/mol. The average Bonchev–Trinajstić information content (AvgIpc) is 2.67. The topological polar surface area (TPSA) is 127 Å². The zero-order valence-corrected chi connectivity index (χ0v) is 16.0. The lowest BCUT2D eigenvalue weighted by molar-refractivity contribution is -0.143. The summed E-state index contributed by atoms with van der Waals surface area (Å²) in [4.78, 5) is 34.7. The molecule has 0 spiro atoms. The number of urea groups is 1. The van der Waals surface area contributed by atoms with Gasteiger partial charge in [-0.3, -0.25) is 10.1 Å². The summed E-state index contributed by atoms with van der Waals surface area (Å²) in [6.45, 7) is 3.56. The van der Waals surface area contributed by atoms with Crippen LogP contribution in [0.1, 0.15) is 19.4 Å². The molecule has 0 atom stereocenters. The minimum Gasteiger partial charge on any atom is -0.493 e. The first-order valence-corrected chi connectivity index (χ1v) is 8.46. The predicted molar refractivity (Wildman–Crippen MR) is 100 cm³/mol. The van der Waals surface area contributed by atoms with Gasteiger partial charge >= 0.3 is 12.0 Å². The van der Waals surface area contributed by atoms with Gasteiger partial charge in [0.2, 0.25) is 0 Å². The fourth-order valence-corrected chi connectivity index (χ4v) is 1.87. The van der Waals surface area contributed by atoms with Crippen molar-refractivity contribution in [3.05, 3.63) is 29.8 Å². The highest BCUT2D eigenvalue weighted by molar-refractivity contribution is 5.96. The summed E-state index contributed by atoms with van der Waals surface area (Å²) >= 11 is 0. The lowest BCUT2D eigenvalue weighted by Crippen LogP contribution is -2.42. The highest BCUT2D eigenvalue weighted by atomic mass is 16.5. The molecule has 0 fully saturated rings. The molecule has 3 amide bonds. The lowest BCUT2D eigenvalue weighted by atomic mass is 10.2. The van der Waals surface area contributed by atoms with Gasteiger partial charge in [0, 0.05) is 12.6 Å². The van der Waals surface area contributed by atoms with Crippen LogP contribution in [-0.2, 0) is 14.3 Å². The van der Waals surface area contributed by atoms with E-state index in [-0.39, 0.29) is 12.5 Å². The first kappa shape index (κ1) is 22.5. The number of nitrogens with zero attached hydrogens (tertiary/aromatic N) is 1. The summed E-state index contributed by atoms with van der Waals surface area (Å²) in [5.74, 6) is -0.437. The maximum Gasteiger partial charge on any atom is 0.331 e. The van der Waals surface area contributed by atoms with Gasteiger partial charge in [-0.25, -0.2) is 9.59 Å². The summed E-state index contributed by atoms with van der Waals surface area (Å²) in [6.07, 6.45) is 2.60. The van der Waals surface area contributed by atoms with Crippen LogP contribution in [0.25, 0.3) is 6.08 Å². The highest BCUT2D eigenvalue weighted by Gasteiger charge is 2.10. The van der Waals surface area contributed by atoms with Gasteiger partial charge in [0.15, 0.2) is 24.7 Å². The lowest BCUT2D eigenvalue weighted by Gasteiger charge is -2.09. The molecule has 28 heavy (non-hydrogen) atoms. The zero-order valence-electron chi connectivity index (χ0n) is 16.0. The van der Waals surface area contributed by atoms with Gasteiger partial charge < -0.3 is 19.5 Å². The van der Waals surface area contributed by atoms with Crippen LogP contribution in [-0.4, -0.2) is 44.8 Å². The molecule has 9 nitrogen and oxygen atoms in total. The van der Waals surface area contributed by atoms with Gasteiger partial charge in [-0.05, 0) is 29.7 Å². The van der Waals surface area contributed by atoms with Crippen molar-refractivity contribution in [3.63, 3.8) is 0 Å². The van der Waals surface area contributed by atoms with E-state index < -0.39 is 24.5 Å². The molecule has 9 heteroatoms. The SMILES string of the molecule is COc1cc(/C=C/C(=O)OCC(=O)NC(=O)NCC(C)C)ccc1OCC#N. The Morgan fingerprint density at radius 3 is 2.64 bits per heavy atom. The number of amides is 3. The number of nitriles is 1. The Bertz CT molecular complexity index is 767. The van der Waals surface area contributed by atoms with Gasteiger partial charge in [-0.1, -0.05) is 19.9 Å². The molecule has 0 bridgehead atoms. The Hall–Kier alpha value is -3.54. The summed E-state index contributed by atoms with van der Waals surface area (Å²) in [7, 11) is 1.45. The first-order valence-electron chi connectivity index (χ1n) is 8.46. The van der Waals surface area contributed by atoms with Crippen LogP contribution in [0.5, 0.6) is 11.5 Å². The van der Waals surface area contributed by atoms with Gasteiger partial charge in [0.1, 0.15) is 6.07 Å². The van der Waals surface area contributed by atoms with Crippen molar-refractivity contribution in [1.82, 2.24) is 10.6 Å². The molecule has 1 aromatic carbocycles. The maximum absolute atomic E-state index is 11.7. The van der Waals surface area contributed by atoms with Gasteiger partial charge in [-0.15, -0.1) is 0 Å². The maximum atomic E-state index is 11.7. The predicted octanol–water partition coefficient (Wildman–Crippen LogP) is 1.64. The van der Waals surface area contributed by atoms with Crippen LogP contribution in [0, 0.1) is 17.2 Å². The van der Waals surface area contributed by atoms with E-state index in [2.05, 4.69) is 10.6 Å². The number of hydrogen-bond donors (Lipinski definition) is 2. The minimum atomic E-state index is -0.749. The van der Waals surface area contributed by atoms with Crippen LogP contribution < -0.4 is 20.1 Å². The van der Waals surface area contributed by atoms with E-state index in [0.29, 0.717) is 23.6 Å². The van der Waals surface area contributed by atoms with Crippen molar-refractivity contribution in [1.29, 1.82) is 5.26 Å². The van der Waals surface area contributed by atoms with E-state index in [4.69, 9.17) is 19.5 Å². The summed E-state index contributed by atoms with van der Waals surface area (Å²) in [6, 6.07) is 6.09. The molecule has 0 saturated heterocycles. The van der Waals surface area contributed by atoms with E-state index in [1.54, 1.807) is 18.2 Å². The third kappa shape index (κ3) is 8.71. The number of esters is 1. The molecular weight excluding hydrogens is 366 g/mol. The molecule has 150 valence electrons. The second kappa shape index (κ2) is 12.0. The number of nitrogens with one attached hydrogen (secondary N) is 2. The smallest absolute Gasteiger partial charge is 0.331 e. The van der Waals surface area contributed by atoms with Crippen molar-refractivity contribution in [2.45, 2.75) is 13.8 Å². The molecule has 0 aromatic heterocycles. The Labute approximate surface area is 163 Å². The van der Waals surface area contributed by atoms with Crippen molar-refractivity contribution >= 4 is 24.0 Å². The number of imide groups is 1. The summed E-state index contributed by atoms with van der Waals surface area (Å²) < 4.78 is 15.1. The third-order valence-electron chi connectivity index (χ3n) is 3.16. The van der Waals surface area contributed by atoms with E-state index in [0.717, 1.165) is 6.08 Å². The fourth-order valence-electron chi connectivity index (χ4n) is 1.87. The number of carbonyl (C=O) groups is 3. The highest BCUT2D eigenvalue weighted by Crippen LogP contribution is 2.28. The Morgan fingerprint density at radius 2 is 2.00 bits per heavy atom. The van der Waals surface area contributed by atoms with Crippen molar-refractivity contribution in [2.75, 3.05) is 26.9 Å². The molecule has 0 aliphatic carbocycles. The van der Waals surface area contributed by atoms with Crippen molar-refractivity contribution in [3.8, 4) is 17.6 Å². The first-order chi connectivity index (χ1) is 13.3. The summed E-state index contributed by atoms with van der Waals surface area (Å²) in [5.41, 5.74) is 0.621. The van der Waals surface area contributed by atoms with E-state index >= 15 is 0 Å². The fraction of sp³-hybridized carbons (Fsp3) is 0.368. The van der Waals surface area contributed by atoms with Crippen molar-refractivity contribution in [2.24, 2.45) is 5.92 Å². The molecule has 0 heterocycles. The quantitative estimate of drug-likeness (QED) is 0.485. The number of methoxy groups -OCH3 is 1. The molecule has 0 aliphatic rings. The minimum absolute atomic E-state index is 0.116. The number of ether oxygens (including phenoxy) is 3. The molecule has 0 unspecified atom stereocenters. The third-order valence-corrected chi connectivity index (χ3v) is 3.16. The molecular formula is C19H23N3O6. The number of hydrogen-bond acceptors (Lipinski definition) is 7. The Kier molecular flexibility index (Phi) is 9.61.